The predicted octanol–water partition coefficient (Wildman–Crippen LogP) is 0.256. The van der Waals surface area contributed by atoms with E-state index in [2.05, 4.69) is 0 Å². The first kappa shape index (κ1) is 13.3. The molecule has 0 aromatic rings. The number of carbonyl (C=O) groups excluding carboxylic acids is 1. The average molecular weight is 257 g/mol. The second-order valence-corrected chi connectivity index (χ2v) is 4.82. The van der Waals surface area contributed by atoms with Gasteiger partial charge in [0, 0.05) is 26.3 Å². The van der Waals surface area contributed by atoms with E-state index in [0.717, 1.165) is 12.8 Å². The molecule has 2 saturated heterocycles. The summed E-state index contributed by atoms with van der Waals surface area (Å²) in [4.78, 5) is 24.6. The Kier molecular flexibility index (Phi) is 4.19. The summed E-state index contributed by atoms with van der Waals surface area (Å²) in [5, 5.41) is 8.83. The van der Waals surface area contributed by atoms with Crippen LogP contribution in [0.3, 0.4) is 0 Å². The number of carboxylic acids is 1. The van der Waals surface area contributed by atoms with E-state index in [4.69, 9.17) is 14.6 Å². The number of aliphatic carboxylic acids is 1. The van der Waals surface area contributed by atoms with E-state index in [0.29, 0.717) is 26.1 Å². The average Bonchev–Trinajstić information content (AvgIpc) is 2.88. The highest BCUT2D eigenvalue weighted by Gasteiger charge is 2.37. The highest BCUT2D eigenvalue weighted by Crippen LogP contribution is 2.23. The third kappa shape index (κ3) is 2.81. The molecular weight excluding hydrogens is 238 g/mol. The Hall–Kier alpha value is -1.14. The van der Waals surface area contributed by atoms with Gasteiger partial charge >= 0.3 is 5.97 Å². The predicted molar refractivity (Wildman–Crippen MR) is 62.1 cm³/mol. The highest BCUT2D eigenvalue weighted by molar-refractivity contribution is 5.82. The molecule has 2 fully saturated rings. The molecule has 2 aliphatic heterocycles. The third-order valence-electron chi connectivity index (χ3n) is 3.66. The maximum Gasteiger partial charge on any atom is 0.332 e. The Bertz CT molecular complexity index is 326. The molecule has 102 valence electrons. The summed E-state index contributed by atoms with van der Waals surface area (Å²) in [6.07, 6.45) is 1.13. The Labute approximate surface area is 106 Å². The molecule has 6 nitrogen and oxygen atoms in total. The molecule has 1 amide bonds. The molecule has 0 saturated carbocycles. The van der Waals surface area contributed by atoms with Gasteiger partial charge in [-0.05, 0) is 25.7 Å². The van der Waals surface area contributed by atoms with Crippen molar-refractivity contribution in [3.63, 3.8) is 0 Å². The van der Waals surface area contributed by atoms with Crippen LogP contribution in [-0.2, 0) is 19.1 Å². The molecule has 2 rings (SSSR count). The fourth-order valence-electron chi connectivity index (χ4n) is 2.48. The lowest BCUT2D eigenvalue weighted by atomic mass is 10.1. The van der Waals surface area contributed by atoms with Gasteiger partial charge in [-0.15, -0.1) is 0 Å². The van der Waals surface area contributed by atoms with Gasteiger partial charge in [0.1, 0.15) is 6.10 Å². The van der Waals surface area contributed by atoms with Gasteiger partial charge in [-0.2, -0.15) is 0 Å². The summed E-state index contributed by atoms with van der Waals surface area (Å²) in [5.41, 5.74) is 0. The summed E-state index contributed by atoms with van der Waals surface area (Å²) >= 11 is 0. The van der Waals surface area contributed by atoms with Crippen molar-refractivity contribution < 1.29 is 24.2 Å². The summed E-state index contributed by atoms with van der Waals surface area (Å²) < 4.78 is 10.5. The number of nitrogens with zero attached hydrogens (tertiary/aromatic N) is 1. The van der Waals surface area contributed by atoms with E-state index in [1.807, 2.05) is 0 Å². The molecule has 6 heteroatoms. The van der Waals surface area contributed by atoms with Crippen LogP contribution in [-0.4, -0.2) is 60.4 Å². The molecule has 2 atom stereocenters. The van der Waals surface area contributed by atoms with Crippen LogP contribution in [0.5, 0.6) is 0 Å². The van der Waals surface area contributed by atoms with Crippen LogP contribution < -0.4 is 0 Å². The molecule has 0 bridgehead atoms. The molecule has 0 aliphatic carbocycles. The molecule has 0 spiro atoms. The number of hydrogen-bond acceptors (Lipinski definition) is 4. The van der Waals surface area contributed by atoms with Crippen molar-refractivity contribution in [2.75, 3.05) is 20.3 Å². The van der Waals surface area contributed by atoms with E-state index in [1.54, 1.807) is 11.9 Å². The van der Waals surface area contributed by atoms with Crippen LogP contribution in [0.4, 0.5) is 0 Å². The van der Waals surface area contributed by atoms with Crippen LogP contribution in [0.15, 0.2) is 0 Å². The normalized spacial score (nSPS) is 29.2. The maximum atomic E-state index is 12.2. The number of ether oxygens (including phenoxy) is 2. The molecule has 2 heterocycles. The summed E-state index contributed by atoms with van der Waals surface area (Å²) in [6, 6.07) is 0.179. The monoisotopic (exact) mass is 257 g/mol. The van der Waals surface area contributed by atoms with Crippen molar-refractivity contribution in [2.24, 2.45) is 0 Å². The SMILES string of the molecule is CN(C(=O)[C@@H]1CC[C@H](C(=O)O)O1)C1CCOCC1. The Balaban J connectivity index is 1.89. The molecular formula is C12H19NO5. The van der Waals surface area contributed by atoms with Crippen LogP contribution in [0.2, 0.25) is 0 Å². The standard InChI is InChI=1S/C12H19NO5/c1-13(8-4-6-17-7-5-8)11(14)9-2-3-10(18-9)12(15)16/h8-10H,2-7H2,1H3,(H,15,16)/t9-,10+/m0/s1. The zero-order valence-electron chi connectivity index (χ0n) is 10.5. The van der Waals surface area contributed by atoms with Crippen molar-refractivity contribution in [3.05, 3.63) is 0 Å². The van der Waals surface area contributed by atoms with Gasteiger partial charge in [0.25, 0.3) is 5.91 Å². The summed E-state index contributed by atoms with van der Waals surface area (Å²) in [6.45, 7) is 1.34. The van der Waals surface area contributed by atoms with E-state index in [-0.39, 0.29) is 11.9 Å². The van der Waals surface area contributed by atoms with Gasteiger partial charge in [-0.3, -0.25) is 4.79 Å². The van der Waals surface area contributed by atoms with Crippen molar-refractivity contribution >= 4 is 11.9 Å². The molecule has 0 aromatic heterocycles. The maximum absolute atomic E-state index is 12.2. The largest absolute Gasteiger partial charge is 0.479 e. The van der Waals surface area contributed by atoms with Gasteiger partial charge in [0.2, 0.25) is 0 Å². The van der Waals surface area contributed by atoms with Gasteiger partial charge in [-0.1, -0.05) is 0 Å². The first-order valence-electron chi connectivity index (χ1n) is 6.32. The zero-order valence-corrected chi connectivity index (χ0v) is 10.5. The topological polar surface area (TPSA) is 76.1 Å². The van der Waals surface area contributed by atoms with Crippen LogP contribution >= 0.6 is 0 Å². The quantitative estimate of drug-likeness (QED) is 0.784. The van der Waals surface area contributed by atoms with Gasteiger partial charge in [0.15, 0.2) is 6.10 Å². The van der Waals surface area contributed by atoms with Crippen LogP contribution in [0.25, 0.3) is 0 Å². The van der Waals surface area contributed by atoms with Crippen molar-refractivity contribution in [1.82, 2.24) is 4.90 Å². The van der Waals surface area contributed by atoms with Crippen molar-refractivity contribution in [1.29, 1.82) is 0 Å². The van der Waals surface area contributed by atoms with Gasteiger partial charge in [-0.25, -0.2) is 4.79 Å². The van der Waals surface area contributed by atoms with Crippen LogP contribution in [0.1, 0.15) is 25.7 Å². The second kappa shape index (κ2) is 5.67. The molecule has 0 aromatic carbocycles. The number of hydrogen-bond donors (Lipinski definition) is 1. The number of carboxylic acid groups (broad SMARTS) is 1. The number of carbonyl (C=O) groups is 2. The Morgan fingerprint density at radius 3 is 2.28 bits per heavy atom. The first-order chi connectivity index (χ1) is 8.59. The molecule has 0 unspecified atom stereocenters. The lowest BCUT2D eigenvalue weighted by Gasteiger charge is -2.32. The second-order valence-electron chi connectivity index (χ2n) is 4.82. The van der Waals surface area contributed by atoms with Crippen LogP contribution in [0, 0.1) is 0 Å². The van der Waals surface area contributed by atoms with Gasteiger partial charge in [0.05, 0.1) is 0 Å². The Morgan fingerprint density at radius 1 is 1.11 bits per heavy atom. The van der Waals surface area contributed by atoms with Crippen molar-refractivity contribution in [2.45, 2.75) is 43.9 Å². The van der Waals surface area contributed by atoms with E-state index >= 15 is 0 Å². The fourth-order valence-corrected chi connectivity index (χ4v) is 2.48. The molecule has 18 heavy (non-hydrogen) atoms. The molecule has 1 N–H and O–H groups in total. The third-order valence-corrected chi connectivity index (χ3v) is 3.66. The minimum atomic E-state index is -0.987. The van der Waals surface area contributed by atoms with E-state index in [1.165, 1.54) is 0 Å². The number of amides is 1. The minimum Gasteiger partial charge on any atom is -0.479 e. The highest BCUT2D eigenvalue weighted by atomic mass is 16.5. The Morgan fingerprint density at radius 2 is 1.72 bits per heavy atom. The summed E-state index contributed by atoms with van der Waals surface area (Å²) in [5.74, 6) is -1.09. The van der Waals surface area contributed by atoms with E-state index < -0.39 is 18.2 Å². The lowest BCUT2D eigenvalue weighted by molar-refractivity contribution is -0.155. The van der Waals surface area contributed by atoms with Crippen molar-refractivity contribution in [3.8, 4) is 0 Å². The molecule has 2 aliphatic rings. The zero-order chi connectivity index (χ0) is 13.1. The van der Waals surface area contributed by atoms with Gasteiger partial charge < -0.3 is 19.5 Å². The summed E-state index contributed by atoms with van der Waals surface area (Å²) in [7, 11) is 1.76. The van der Waals surface area contributed by atoms with E-state index in [9.17, 15) is 9.59 Å². The number of rotatable bonds is 3. The first-order valence-corrected chi connectivity index (χ1v) is 6.32. The fraction of sp³-hybridized carbons (Fsp3) is 0.833. The minimum absolute atomic E-state index is 0.106. The number of likely N-dealkylation sites (N-methyl/N-ethyl adjacent to an activating group) is 1. The molecule has 0 radical (unpaired) electrons. The smallest absolute Gasteiger partial charge is 0.332 e. The lowest BCUT2D eigenvalue weighted by Crippen LogP contribution is -2.45.